The van der Waals surface area contributed by atoms with E-state index in [1.165, 1.54) is 76.2 Å². The minimum atomic E-state index is -0.674. The molecule has 1 fully saturated rings. The summed E-state index contributed by atoms with van der Waals surface area (Å²) in [6.07, 6.45) is 23.7. The number of carboxylic acid groups (broad SMARTS) is 1. The number of aryl methyl sites for hydroxylation is 1. The number of rotatable bonds is 19. The highest BCUT2D eigenvalue weighted by Gasteiger charge is 2.24. The van der Waals surface area contributed by atoms with Crippen molar-refractivity contribution >= 4 is 5.97 Å². The van der Waals surface area contributed by atoms with Gasteiger partial charge in [0.15, 0.2) is 0 Å². The molecule has 1 aliphatic rings. The predicted molar refractivity (Wildman–Crippen MR) is 154 cm³/mol. The molecule has 3 N–H and O–H groups in total. The Hall–Kier alpha value is -1.61. The van der Waals surface area contributed by atoms with Gasteiger partial charge in [0, 0.05) is 6.42 Å². The van der Waals surface area contributed by atoms with E-state index in [4.69, 9.17) is 5.73 Å². The zero-order valence-corrected chi connectivity index (χ0v) is 23.4. The van der Waals surface area contributed by atoms with Gasteiger partial charge in [0.2, 0.25) is 0 Å². The van der Waals surface area contributed by atoms with Crippen molar-refractivity contribution in [2.45, 2.75) is 117 Å². The Bertz CT molecular complexity index is 708. The van der Waals surface area contributed by atoms with E-state index in [-0.39, 0.29) is 12.3 Å². The molecule has 0 spiro atoms. The first-order chi connectivity index (χ1) is 17.5. The van der Waals surface area contributed by atoms with Crippen molar-refractivity contribution in [3.05, 3.63) is 48.0 Å². The largest absolute Gasteiger partial charge is 0.481 e. The first-order valence-corrected chi connectivity index (χ1v) is 15.1. The Morgan fingerprint density at radius 1 is 0.944 bits per heavy atom. The van der Waals surface area contributed by atoms with Crippen molar-refractivity contribution in [3.8, 4) is 0 Å². The lowest BCUT2D eigenvalue weighted by Gasteiger charge is -2.28. The van der Waals surface area contributed by atoms with Crippen molar-refractivity contribution < 1.29 is 9.90 Å². The maximum atomic E-state index is 11.7. The van der Waals surface area contributed by atoms with Crippen LogP contribution in [0, 0.1) is 29.6 Å². The maximum absolute atomic E-state index is 11.7. The molecule has 3 heteroatoms. The number of allylic oxidation sites excluding steroid dienone is 2. The molecule has 0 amide bonds. The number of benzene rings is 1. The lowest BCUT2D eigenvalue weighted by molar-refractivity contribution is -0.138. The summed E-state index contributed by atoms with van der Waals surface area (Å²) in [6.45, 7) is 5.28. The summed E-state index contributed by atoms with van der Waals surface area (Å²) in [5.74, 6) is 2.30. The van der Waals surface area contributed by atoms with Crippen LogP contribution in [0.15, 0.2) is 42.5 Å². The Kier molecular flexibility index (Phi) is 15.8. The van der Waals surface area contributed by atoms with E-state index < -0.39 is 5.97 Å². The summed E-state index contributed by atoms with van der Waals surface area (Å²) >= 11 is 0. The van der Waals surface area contributed by atoms with Crippen LogP contribution in [0.3, 0.4) is 0 Å². The molecule has 0 aromatic heterocycles. The standard InChI is InChI=1S/C33H55NO2/c1-27(2)18-19-30(17-11-4-8-14-28-12-6-3-7-13-28)20-22-31(24-25-34)32(26-33(35)36)23-21-29-15-9-5-10-16-29/h4-5,9-11,15-16,27-28,30-32H,3,6-8,12-14,17-26,34H2,1-2H3,(H,35,36). The topological polar surface area (TPSA) is 63.3 Å². The van der Waals surface area contributed by atoms with E-state index >= 15 is 0 Å². The summed E-state index contributed by atoms with van der Waals surface area (Å²) in [5.41, 5.74) is 7.33. The molecule has 1 saturated carbocycles. The Morgan fingerprint density at radius 3 is 2.33 bits per heavy atom. The Morgan fingerprint density at radius 2 is 1.67 bits per heavy atom. The molecule has 36 heavy (non-hydrogen) atoms. The van der Waals surface area contributed by atoms with Crippen LogP contribution in [0.1, 0.15) is 116 Å². The molecule has 1 aromatic carbocycles. The molecule has 0 bridgehead atoms. The molecular weight excluding hydrogens is 442 g/mol. The van der Waals surface area contributed by atoms with E-state index in [0.717, 1.165) is 37.5 Å². The molecule has 3 unspecified atom stereocenters. The van der Waals surface area contributed by atoms with Crippen molar-refractivity contribution in [1.29, 1.82) is 0 Å². The van der Waals surface area contributed by atoms with Gasteiger partial charge in [-0.1, -0.05) is 94.9 Å². The van der Waals surface area contributed by atoms with Crippen molar-refractivity contribution in [3.63, 3.8) is 0 Å². The minimum Gasteiger partial charge on any atom is -0.481 e. The highest BCUT2D eigenvalue weighted by atomic mass is 16.4. The fourth-order valence-corrected chi connectivity index (χ4v) is 6.17. The normalized spacial score (nSPS) is 17.4. The lowest BCUT2D eigenvalue weighted by atomic mass is 9.78. The van der Waals surface area contributed by atoms with Crippen LogP contribution in [0.25, 0.3) is 0 Å². The number of hydrogen-bond acceptors (Lipinski definition) is 2. The first kappa shape index (κ1) is 30.6. The molecule has 0 aliphatic heterocycles. The quantitative estimate of drug-likeness (QED) is 0.188. The Balaban J connectivity index is 1.91. The van der Waals surface area contributed by atoms with Crippen LogP contribution in [0.4, 0.5) is 0 Å². The van der Waals surface area contributed by atoms with E-state index in [0.29, 0.717) is 18.4 Å². The monoisotopic (exact) mass is 497 g/mol. The molecule has 3 nitrogen and oxygen atoms in total. The van der Waals surface area contributed by atoms with Gasteiger partial charge in [-0.05, 0) is 99.5 Å². The van der Waals surface area contributed by atoms with Crippen molar-refractivity contribution in [2.75, 3.05) is 6.54 Å². The van der Waals surface area contributed by atoms with E-state index in [1.54, 1.807) is 0 Å². The van der Waals surface area contributed by atoms with E-state index in [1.807, 2.05) is 6.07 Å². The Labute approximate surface area is 222 Å². The average molecular weight is 498 g/mol. The number of carboxylic acids is 1. The number of nitrogens with two attached hydrogens (primary N) is 1. The van der Waals surface area contributed by atoms with Gasteiger partial charge < -0.3 is 10.8 Å². The third-order valence-electron chi connectivity index (χ3n) is 8.49. The highest BCUT2D eigenvalue weighted by Crippen LogP contribution is 2.32. The van der Waals surface area contributed by atoms with Crippen LogP contribution in [-0.2, 0) is 11.2 Å². The zero-order chi connectivity index (χ0) is 26.0. The fourth-order valence-electron chi connectivity index (χ4n) is 6.17. The molecule has 0 saturated heterocycles. The molecule has 1 aliphatic carbocycles. The van der Waals surface area contributed by atoms with Crippen LogP contribution >= 0.6 is 0 Å². The van der Waals surface area contributed by atoms with Crippen molar-refractivity contribution in [2.24, 2.45) is 35.3 Å². The second kappa shape index (κ2) is 18.6. The average Bonchev–Trinajstić information content (AvgIpc) is 2.87. The summed E-state index contributed by atoms with van der Waals surface area (Å²) in [6, 6.07) is 10.5. The first-order valence-electron chi connectivity index (χ1n) is 15.1. The second-order valence-electron chi connectivity index (χ2n) is 11.9. The fraction of sp³-hybridized carbons (Fsp3) is 0.727. The van der Waals surface area contributed by atoms with Crippen LogP contribution < -0.4 is 5.73 Å². The van der Waals surface area contributed by atoms with Gasteiger partial charge in [-0.2, -0.15) is 0 Å². The third-order valence-corrected chi connectivity index (χ3v) is 8.49. The van der Waals surface area contributed by atoms with Crippen LogP contribution in [-0.4, -0.2) is 17.6 Å². The summed E-state index contributed by atoms with van der Waals surface area (Å²) < 4.78 is 0. The van der Waals surface area contributed by atoms with E-state index in [2.05, 4.69) is 50.3 Å². The smallest absolute Gasteiger partial charge is 0.303 e. The van der Waals surface area contributed by atoms with Gasteiger partial charge in [0.1, 0.15) is 0 Å². The van der Waals surface area contributed by atoms with Gasteiger partial charge >= 0.3 is 5.97 Å². The summed E-state index contributed by atoms with van der Waals surface area (Å²) in [7, 11) is 0. The lowest BCUT2D eigenvalue weighted by Crippen LogP contribution is -2.23. The van der Waals surface area contributed by atoms with Gasteiger partial charge in [-0.3, -0.25) is 4.79 Å². The number of carbonyl (C=O) groups is 1. The zero-order valence-electron chi connectivity index (χ0n) is 23.4. The number of hydrogen-bond donors (Lipinski definition) is 2. The number of aliphatic carboxylic acids is 1. The molecule has 1 aromatic rings. The predicted octanol–water partition coefficient (Wildman–Crippen LogP) is 8.81. The summed E-state index contributed by atoms with van der Waals surface area (Å²) in [5, 5.41) is 9.64. The second-order valence-corrected chi connectivity index (χ2v) is 11.9. The molecule has 2 rings (SSSR count). The minimum absolute atomic E-state index is 0.197. The van der Waals surface area contributed by atoms with Crippen LogP contribution in [0.5, 0.6) is 0 Å². The molecule has 0 heterocycles. The SMILES string of the molecule is CC(C)CCC(CC=CCCC1CCCCC1)CCC(CCN)C(CCc1ccccc1)CC(=O)O. The summed E-state index contributed by atoms with van der Waals surface area (Å²) in [4.78, 5) is 11.7. The maximum Gasteiger partial charge on any atom is 0.303 e. The third kappa shape index (κ3) is 13.6. The van der Waals surface area contributed by atoms with Crippen molar-refractivity contribution in [1.82, 2.24) is 0 Å². The van der Waals surface area contributed by atoms with Gasteiger partial charge in [-0.25, -0.2) is 0 Å². The van der Waals surface area contributed by atoms with Gasteiger partial charge in [0.05, 0.1) is 0 Å². The highest BCUT2D eigenvalue weighted by molar-refractivity contribution is 5.67. The van der Waals surface area contributed by atoms with Gasteiger partial charge in [0.25, 0.3) is 0 Å². The molecule has 204 valence electrons. The van der Waals surface area contributed by atoms with Crippen LogP contribution in [0.2, 0.25) is 0 Å². The molecule has 3 atom stereocenters. The van der Waals surface area contributed by atoms with Gasteiger partial charge in [-0.15, -0.1) is 0 Å². The van der Waals surface area contributed by atoms with E-state index in [9.17, 15) is 9.90 Å². The molecule has 0 radical (unpaired) electrons. The molecular formula is C33H55NO2.